The molecule has 7 nitrogen and oxygen atoms in total. The summed E-state index contributed by atoms with van der Waals surface area (Å²) >= 11 is 0. The molecular formula is C35H62N2O5. The molecule has 1 aliphatic rings. The third-order valence-corrected chi connectivity index (χ3v) is 7.72. The fourth-order valence-corrected chi connectivity index (χ4v) is 5.03. The maximum Gasteiger partial charge on any atom is 0.332 e. The fraction of sp³-hybridized carbons (Fsp3) is 0.743. The van der Waals surface area contributed by atoms with Crippen molar-refractivity contribution < 1.29 is 24.2 Å². The Hall–Kier alpha value is -2.41. The molecule has 1 amide bonds. The van der Waals surface area contributed by atoms with Gasteiger partial charge in [0.15, 0.2) is 0 Å². The molecule has 242 valence electrons. The Labute approximate surface area is 257 Å². The number of carbonyl (C=O) groups excluding carboxylic acids is 2. The van der Waals surface area contributed by atoms with E-state index in [1.54, 1.807) is 6.08 Å². The molecular weight excluding hydrogens is 528 g/mol. The molecule has 0 aromatic heterocycles. The molecule has 0 aromatic carbocycles. The summed E-state index contributed by atoms with van der Waals surface area (Å²) in [5, 5.41) is 8.59. The second-order valence-electron chi connectivity index (χ2n) is 11.8. The molecule has 0 spiro atoms. The van der Waals surface area contributed by atoms with Gasteiger partial charge in [-0.3, -0.25) is 4.79 Å². The second kappa shape index (κ2) is 27.4. The molecule has 7 heteroatoms. The van der Waals surface area contributed by atoms with Crippen LogP contribution in [0.15, 0.2) is 37.5 Å². The van der Waals surface area contributed by atoms with Gasteiger partial charge in [0.2, 0.25) is 5.91 Å². The first-order valence-electron chi connectivity index (χ1n) is 16.5. The summed E-state index contributed by atoms with van der Waals surface area (Å²) in [6.45, 7) is 12.8. The number of rotatable bonds is 26. The van der Waals surface area contributed by atoms with E-state index in [1.165, 1.54) is 127 Å². The first-order chi connectivity index (χ1) is 20.2. The van der Waals surface area contributed by atoms with Crippen LogP contribution in [0.4, 0.5) is 0 Å². The van der Waals surface area contributed by atoms with E-state index in [4.69, 9.17) is 9.84 Å². The van der Waals surface area contributed by atoms with Crippen LogP contribution in [0, 0.1) is 5.92 Å². The fourth-order valence-electron chi connectivity index (χ4n) is 5.03. The number of aliphatic carboxylic acids is 1. The maximum absolute atomic E-state index is 11.5. The smallest absolute Gasteiger partial charge is 0.332 e. The van der Waals surface area contributed by atoms with Crippen molar-refractivity contribution in [2.75, 3.05) is 40.3 Å². The molecule has 1 N–H and O–H groups in total. The van der Waals surface area contributed by atoms with Crippen LogP contribution < -0.4 is 0 Å². The zero-order valence-electron chi connectivity index (χ0n) is 27.1. The lowest BCUT2D eigenvalue weighted by atomic mass is 10.0. The van der Waals surface area contributed by atoms with Crippen LogP contribution in [-0.2, 0) is 19.1 Å². The number of hydrogen-bond donors (Lipinski definition) is 1. The third kappa shape index (κ3) is 23.2. The zero-order valence-corrected chi connectivity index (χ0v) is 27.1. The van der Waals surface area contributed by atoms with Crippen LogP contribution >= 0.6 is 0 Å². The highest BCUT2D eigenvalue weighted by Crippen LogP contribution is 2.19. The van der Waals surface area contributed by atoms with Gasteiger partial charge < -0.3 is 19.6 Å². The molecule has 1 fully saturated rings. The topological polar surface area (TPSA) is 87.2 Å². The van der Waals surface area contributed by atoms with Crippen molar-refractivity contribution in [1.82, 2.24) is 9.80 Å². The van der Waals surface area contributed by atoms with Crippen LogP contribution in [0.3, 0.4) is 0 Å². The summed E-state index contributed by atoms with van der Waals surface area (Å²) in [4.78, 5) is 36.7. The molecule has 1 saturated heterocycles. The molecule has 0 aliphatic carbocycles. The van der Waals surface area contributed by atoms with Crippen molar-refractivity contribution in [3.63, 3.8) is 0 Å². The van der Waals surface area contributed by atoms with Crippen LogP contribution in [0.1, 0.15) is 122 Å². The number of carboxylic acid groups (broad SMARTS) is 1. The minimum absolute atomic E-state index is 0.0445. The Kier molecular flexibility index (Phi) is 25.9. The van der Waals surface area contributed by atoms with E-state index in [0.717, 1.165) is 12.8 Å². The summed E-state index contributed by atoms with van der Waals surface area (Å²) in [6.07, 6.45) is 28.1. The summed E-state index contributed by atoms with van der Waals surface area (Å²) in [5.41, 5.74) is 0.0445. The van der Waals surface area contributed by atoms with Crippen molar-refractivity contribution in [2.45, 2.75) is 122 Å². The van der Waals surface area contributed by atoms with Crippen LogP contribution in [-0.4, -0.2) is 73.1 Å². The van der Waals surface area contributed by atoms with E-state index < -0.39 is 5.97 Å². The van der Waals surface area contributed by atoms with E-state index in [-0.39, 0.29) is 29.9 Å². The van der Waals surface area contributed by atoms with Gasteiger partial charge in [0.1, 0.15) is 0 Å². The zero-order chi connectivity index (χ0) is 31.4. The van der Waals surface area contributed by atoms with Gasteiger partial charge in [-0.1, -0.05) is 122 Å². The quantitative estimate of drug-likeness (QED) is 0.0476. The first-order valence-corrected chi connectivity index (χ1v) is 16.5. The van der Waals surface area contributed by atoms with Gasteiger partial charge in [0.05, 0.1) is 19.1 Å². The number of carboxylic acids is 1. The Morgan fingerprint density at radius 3 is 1.62 bits per heavy atom. The Bertz CT molecular complexity index is 764. The number of carbonyl (C=O) groups is 3. The highest BCUT2D eigenvalue weighted by molar-refractivity contribution is 5.88. The lowest BCUT2D eigenvalue weighted by Gasteiger charge is -2.15. The monoisotopic (exact) mass is 590 g/mol. The summed E-state index contributed by atoms with van der Waals surface area (Å²) < 4.78 is 4.97. The lowest BCUT2D eigenvalue weighted by molar-refractivity contribution is -0.138. The number of likely N-dealkylation sites (tertiary alicyclic amines) is 1. The molecule has 1 atom stereocenters. The highest BCUT2D eigenvalue weighted by Gasteiger charge is 2.29. The highest BCUT2D eigenvalue weighted by atomic mass is 16.5. The number of ether oxygens (including phenoxy) is 1. The van der Waals surface area contributed by atoms with E-state index in [9.17, 15) is 14.4 Å². The minimum Gasteiger partial charge on any atom is -0.478 e. The van der Waals surface area contributed by atoms with Gasteiger partial charge in [0, 0.05) is 18.2 Å². The van der Waals surface area contributed by atoms with E-state index in [1.807, 2.05) is 0 Å². The van der Waals surface area contributed by atoms with E-state index in [2.05, 4.69) is 38.7 Å². The molecule has 1 unspecified atom stereocenters. The van der Waals surface area contributed by atoms with Gasteiger partial charge in [-0.2, -0.15) is 0 Å². The molecule has 0 aromatic rings. The Morgan fingerprint density at radius 2 is 1.26 bits per heavy atom. The minimum atomic E-state index is -1.06. The first kappa shape index (κ1) is 39.6. The maximum atomic E-state index is 11.5. The molecule has 0 bridgehead atoms. The number of amides is 1. The lowest BCUT2D eigenvalue weighted by Crippen LogP contribution is -2.30. The predicted octanol–water partition coefficient (Wildman–Crippen LogP) is 7.96. The number of unbranched alkanes of at least 4 members (excludes halogenated alkanes) is 17. The standard InChI is InChI=1S/C25H49NO2.C10H13NO3/c1-4-25(27)28-24-22-20-18-16-14-12-10-8-6-5-7-9-11-13-15-17-19-21-23-26(2)3;1-3-8-4-5-11(9(8)12)6-7(2)10(13)14/h4H,1,5-24H2,2-3H3;3,8H,1-2,4-6H2,(H,13,14). The number of hydrogen-bond acceptors (Lipinski definition) is 5. The Balaban J connectivity index is 0.000000996. The largest absolute Gasteiger partial charge is 0.478 e. The number of esters is 1. The molecule has 0 saturated carbocycles. The van der Waals surface area contributed by atoms with Gasteiger partial charge >= 0.3 is 11.9 Å². The predicted molar refractivity (Wildman–Crippen MR) is 174 cm³/mol. The van der Waals surface area contributed by atoms with E-state index in [0.29, 0.717) is 13.2 Å². The van der Waals surface area contributed by atoms with E-state index >= 15 is 0 Å². The molecule has 0 radical (unpaired) electrons. The molecule has 1 aliphatic heterocycles. The molecule has 42 heavy (non-hydrogen) atoms. The summed E-state index contributed by atoms with van der Waals surface area (Å²) in [6, 6.07) is 0. The van der Waals surface area contributed by atoms with Gasteiger partial charge in [-0.15, -0.1) is 6.58 Å². The summed E-state index contributed by atoms with van der Waals surface area (Å²) in [7, 11) is 4.33. The van der Waals surface area contributed by atoms with Crippen molar-refractivity contribution in [2.24, 2.45) is 5.92 Å². The van der Waals surface area contributed by atoms with Crippen molar-refractivity contribution >= 4 is 17.8 Å². The van der Waals surface area contributed by atoms with Crippen molar-refractivity contribution in [3.8, 4) is 0 Å². The normalized spacial score (nSPS) is 14.4. The van der Waals surface area contributed by atoms with Crippen LogP contribution in [0.5, 0.6) is 0 Å². The number of nitrogens with zero attached hydrogens (tertiary/aromatic N) is 2. The van der Waals surface area contributed by atoms with Crippen LogP contribution in [0.25, 0.3) is 0 Å². The van der Waals surface area contributed by atoms with Gasteiger partial charge in [0.25, 0.3) is 0 Å². The van der Waals surface area contributed by atoms with Gasteiger partial charge in [-0.25, -0.2) is 9.59 Å². The van der Waals surface area contributed by atoms with Gasteiger partial charge in [-0.05, 0) is 39.9 Å². The van der Waals surface area contributed by atoms with Crippen molar-refractivity contribution in [1.29, 1.82) is 0 Å². The second-order valence-corrected chi connectivity index (χ2v) is 11.8. The van der Waals surface area contributed by atoms with Crippen molar-refractivity contribution in [3.05, 3.63) is 37.5 Å². The average Bonchev–Trinajstić information content (AvgIpc) is 3.32. The molecule has 1 rings (SSSR count). The average molecular weight is 591 g/mol. The third-order valence-electron chi connectivity index (χ3n) is 7.72. The summed E-state index contributed by atoms with van der Waals surface area (Å²) in [5.74, 6) is -1.56. The SMILES string of the molecule is C=CC(=O)OCCCCCCCCCCCCCCCCCCCCN(C)C.C=CC1CCN(CC(=C)C(=O)O)C1=O. The molecule has 1 heterocycles. The van der Waals surface area contributed by atoms with Crippen LogP contribution in [0.2, 0.25) is 0 Å². The Morgan fingerprint density at radius 1 is 0.833 bits per heavy atom.